The first-order valence-corrected chi connectivity index (χ1v) is 5.95. The summed E-state index contributed by atoms with van der Waals surface area (Å²) in [7, 11) is 0. The molecule has 1 atom stereocenters. The van der Waals surface area contributed by atoms with E-state index in [1.807, 2.05) is 0 Å². The van der Waals surface area contributed by atoms with Crippen molar-refractivity contribution in [1.29, 1.82) is 0 Å². The number of carbonyl (C=O) groups is 1. The highest BCUT2D eigenvalue weighted by atomic mass is 16.5. The van der Waals surface area contributed by atoms with Crippen molar-refractivity contribution < 1.29 is 19.7 Å². The molecular weight excluding hydrogens is 244 g/mol. The highest BCUT2D eigenvalue weighted by Crippen LogP contribution is 2.33. The molecule has 0 aromatic heterocycles. The van der Waals surface area contributed by atoms with Crippen LogP contribution >= 0.6 is 0 Å². The van der Waals surface area contributed by atoms with Gasteiger partial charge in [0.15, 0.2) is 6.10 Å². The highest BCUT2D eigenvalue weighted by molar-refractivity contribution is 6.04. The van der Waals surface area contributed by atoms with Crippen molar-refractivity contribution >= 4 is 5.78 Å². The molecule has 2 aromatic rings. The Bertz CT molecular complexity index is 631. The monoisotopic (exact) mass is 256 g/mol. The van der Waals surface area contributed by atoms with Gasteiger partial charge in [-0.3, -0.25) is 4.79 Å². The maximum atomic E-state index is 12.1. The van der Waals surface area contributed by atoms with Gasteiger partial charge in [-0.05, 0) is 29.8 Å². The summed E-state index contributed by atoms with van der Waals surface area (Å²) >= 11 is 0. The number of rotatable bonds is 2. The minimum absolute atomic E-state index is 0.0804. The Labute approximate surface area is 109 Å². The third-order valence-corrected chi connectivity index (χ3v) is 3.15. The maximum Gasteiger partial charge on any atom is 0.207 e. The molecule has 1 aliphatic rings. The number of Topliss-reactive ketones (excluding diaryl/α,β-unsaturated/α-hetero) is 1. The van der Waals surface area contributed by atoms with Gasteiger partial charge in [0, 0.05) is 12.5 Å². The number of phenols is 2. The summed E-state index contributed by atoms with van der Waals surface area (Å²) in [4.78, 5) is 12.1. The molecule has 3 rings (SSSR count). The zero-order valence-corrected chi connectivity index (χ0v) is 10.0. The first-order valence-electron chi connectivity index (χ1n) is 5.95. The van der Waals surface area contributed by atoms with E-state index < -0.39 is 6.10 Å². The maximum absolute atomic E-state index is 12.1. The predicted octanol–water partition coefficient (Wildman–Crippen LogP) is 2.28. The lowest BCUT2D eigenvalue weighted by Gasteiger charge is -2.09. The Hall–Kier alpha value is -2.49. The Balaban J connectivity index is 1.82. The highest BCUT2D eigenvalue weighted by Gasteiger charge is 2.32. The summed E-state index contributed by atoms with van der Waals surface area (Å²) < 4.78 is 5.56. The molecule has 1 unspecified atom stereocenters. The van der Waals surface area contributed by atoms with Crippen LogP contribution in [0, 0.1) is 0 Å². The zero-order valence-electron chi connectivity index (χ0n) is 10.0. The van der Waals surface area contributed by atoms with Crippen molar-refractivity contribution in [1.82, 2.24) is 0 Å². The molecule has 0 bridgehead atoms. The van der Waals surface area contributed by atoms with E-state index in [9.17, 15) is 15.0 Å². The number of hydrogen-bond acceptors (Lipinski definition) is 4. The molecule has 1 heterocycles. The smallest absolute Gasteiger partial charge is 0.207 e. The molecule has 2 N–H and O–H groups in total. The number of benzene rings is 2. The number of phenolic OH excluding ortho intramolecular Hbond substituents is 2. The third-order valence-electron chi connectivity index (χ3n) is 3.15. The molecule has 19 heavy (non-hydrogen) atoms. The van der Waals surface area contributed by atoms with E-state index in [2.05, 4.69) is 0 Å². The van der Waals surface area contributed by atoms with Crippen molar-refractivity contribution in [2.24, 2.45) is 0 Å². The van der Waals surface area contributed by atoms with Gasteiger partial charge in [-0.1, -0.05) is 12.1 Å². The summed E-state index contributed by atoms with van der Waals surface area (Å²) in [5.41, 5.74) is 1.41. The molecule has 0 radical (unpaired) electrons. The Morgan fingerprint density at radius 1 is 1.00 bits per heavy atom. The molecule has 4 heteroatoms. The number of aromatic hydroxyl groups is 2. The van der Waals surface area contributed by atoms with E-state index in [4.69, 9.17) is 4.74 Å². The van der Waals surface area contributed by atoms with Gasteiger partial charge < -0.3 is 14.9 Å². The van der Waals surface area contributed by atoms with E-state index in [1.54, 1.807) is 30.3 Å². The van der Waals surface area contributed by atoms with Crippen LogP contribution in [0.25, 0.3) is 0 Å². The van der Waals surface area contributed by atoms with Crippen LogP contribution in [0.4, 0.5) is 0 Å². The largest absolute Gasteiger partial charge is 0.508 e. The molecule has 0 saturated heterocycles. The fraction of sp³-hybridized carbons (Fsp3) is 0.133. The number of fused-ring (bicyclic) bond motifs is 1. The van der Waals surface area contributed by atoms with E-state index >= 15 is 0 Å². The van der Waals surface area contributed by atoms with Crippen LogP contribution in [-0.2, 0) is 6.42 Å². The summed E-state index contributed by atoms with van der Waals surface area (Å²) in [5.74, 6) is 0.615. The van der Waals surface area contributed by atoms with Gasteiger partial charge in [-0.25, -0.2) is 0 Å². The van der Waals surface area contributed by atoms with E-state index in [0.717, 1.165) is 5.56 Å². The molecule has 0 amide bonds. The fourth-order valence-corrected chi connectivity index (χ4v) is 2.17. The summed E-state index contributed by atoms with van der Waals surface area (Å²) in [6.45, 7) is 0. The van der Waals surface area contributed by atoms with Crippen molar-refractivity contribution in [3.8, 4) is 17.2 Å². The molecular formula is C15H12O4. The van der Waals surface area contributed by atoms with Crippen LogP contribution in [0.5, 0.6) is 17.2 Å². The number of hydrogen-bond donors (Lipinski definition) is 2. The van der Waals surface area contributed by atoms with E-state index in [-0.39, 0.29) is 17.3 Å². The minimum Gasteiger partial charge on any atom is -0.508 e. The Kier molecular flexibility index (Phi) is 2.63. The second kappa shape index (κ2) is 4.31. The van der Waals surface area contributed by atoms with Crippen molar-refractivity contribution in [3.05, 3.63) is 53.6 Å². The fourth-order valence-electron chi connectivity index (χ4n) is 2.17. The molecule has 0 saturated carbocycles. The normalized spacial score (nSPS) is 17.1. The first kappa shape index (κ1) is 11.6. The molecule has 0 fully saturated rings. The Morgan fingerprint density at radius 2 is 1.68 bits per heavy atom. The molecule has 1 aliphatic heterocycles. The van der Waals surface area contributed by atoms with Crippen LogP contribution < -0.4 is 4.74 Å². The number of ketones is 1. The standard InChI is InChI=1S/C15H12O4/c16-10-3-1-9(2-4-10)7-14-15(18)12-6-5-11(17)8-13(12)19-14/h1-6,8,14,16-17H,7H2. The van der Waals surface area contributed by atoms with Gasteiger partial charge in [0.05, 0.1) is 5.56 Å². The topological polar surface area (TPSA) is 66.8 Å². The van der Waals surface area contributed by atoms with Gasteiger partial charge in [-0.15, -0.1) is 0 Å². The molecule has 96 valence electrons. The Morgan fingerprint density at radius 3 is 2.42 bits per heavy atom. The SMILES string of the molecule is O=C1c2ccc(O)cc2OC1Cc1ccc(O)cc1. The molecule has 0 spiro atoms. The van der Waals surface area contributed by atoms with Gasteiger partial charge in [0.1, 0.15) is 17.2 Å². The molecule has 2 aromatic carbocycles. The third kappa shape index (κ3) is 2.12. The van der Waals surface area contributed by atoms with E-state index in [0.29, 0.717) is 17.7 Å². The van der Waals surface area contributed by atoms with Crippen LogP contribution in [-0.4, -0.2) is 22.1 Å². The van der Waals surface area contributed by atoms with Crippen molar-refractivity contribution in [2.75, 3.05) is 0 Å². The number of carbonyl (C=O) groups excluding carboxylic acids is 1. The van der Waals surface area contributed by atoms with Gasteiger partial charge in [-0.2, -0.15) is 0 Å². The average Bonchev–Trinajstić information content (AvgIpc) is 2.68. The van der Waals surface area contributed by atoms with Crippen molar-refractivity contribution in [3.63, 3.8) is 0 Å². The zero-order chi connectivity index (χ0) is 13.4. The van der Waals surface area contributed by atoms with Crippen LogP contribution in [0.1, 0.15) is 15.9 Å². The van der Waals surface area contributed by atoms with Crippen LogP contribution in [0.3, 0.4) is 0 Å². The van der Waals surface area contributed by atoms with Crippen molar-refractivity contribution in [2.45, 2.75) is 12.5 Å². The average molecular weight is 256 g/mol. The second-order valence-electron chi connectivity index (χ2n) is 4.52. The quantitative estimate of drug-likeness (QED) is 0.865. The second-order valence-corrected chi connectivity index (χ2v) is 4.52. The molecule has 4 nitrogen and oxygen atoms in total. The lowest BCUT2D eigenvalue weighted by molar-refractivity contribution is 0.0857. The lowest BCUT2D eigenvalue weighted by Crippen LogP contribution is -2.23. The summed E-state index contributed by atoms with van der Waals surface area (Å²) in [6, 6.07) is 11.2. The lowest BCUT2D eigenvalue weighted by atomic mass is 10.0. The number of ether oxygens (including phenoxy) is 1. The first-order chi connectivity index (χ1) is 9.13. The van der Waals surface area contributed by atoms with Crippen LogP contribution in [0.15, 0.2) is 42.5 Å². The minimum atomic E-state index is -0.568. The summed E-state index contributed by atoms with van der Waals surface area (Å²) in [6.07, 6.45) is -0.129. The van der Waals surface area contributed by atoms with E-state index in [1.165, 1.54) is 12.1 Å². The van der Waals surface area contributed by atoms with Gasteiger partial charge >= 0.3 is 0 Å². The summed E-state index contributed by atoms with van der Waals surface area (Å²) in [5, 5.41) is 18.6. The van der Waals surface area contributed by atoms with Gasteiger partial charge in [0.2, 0.25) is 5.78 Å². The van der Waals surface area contributed by atoms with Crippen LogP contribution in [0.2, 0.25) is 0 Å². The predicted molar refractivity (Wildman–Crippen MR) is 68.7 cm³/mol. The molecule has 0 aliphatic carbocycles. The van der Waals surface area contributed by atoms with Gasteiger partial charge in [0.25, 0.3) is 0 Å².